The number of benzene rings is 3. The fraction of sp³-hybridized carbons (Fsp3) is 0.0833. The molecule has 10 nitrogen and oxygen atoms in total. The molecule has 0 aliphatic rings. The summed E-state index contributed by atoms with van der Waals surface area (Å²) in [5, 5.41) is 25.6. The molecule has 0 amide bonds. The summed E-state index contributed by atoms with van der Waals surface area (Å²) in [5.41, 5.74) is 0.571. The largest absolute Gasteiger partial charge is 0.481 e. The SMILES string of the molecule is Cc1nc2ccc(Br)cc2c(=O)n1N=Cc1cc(Br)cc([N+](=O)[O-])c1OCc1cccc(C(=O)O)c1. The number of nitro benzene ring substituents is 1. The molecule has 1 aromatic heterocycles. The minimum absolute atomic E-state index is 0.0634. The highest BCUT2D eigenvalue weighted by molar-refractivity contribution is 9.10. The summed E-state index contributed by atoms with van der Waals surface area (Å²) in [4.78, 5) is 39.8. The van der Waals surface area contributed by atoms with Crippen LogP contribution in [0.3, 0.4) is 0 Å². The number of fused-ring (bicyclic) bond motifs is 1. The van der Waals surface area contributed by atoms with E-state index in [1.807, 2.05) is 0 Å². The van der Waals surface area contributed by atoms with E-state index in [0.29, 0.717) is 31.2 Å². The van der Waals surface area contributed by atoms with Crippen LogP contribution in [0, 0.1) is 17.0 Å². The Morgan fingerprint density at radius 1 is 1.19 bits per heavy atom. The van der Waals surface area contributed by atoms with Crippen molar-refractivity contribution in [3.63, 3.8) is 0 Å². The summed E-state index contributed by atoms with van der Waals surface area (Å²) in [7, 11) is 0. The number of carboxylic acid groups (broad SMARTS) is 1. The number of rotatable bonds is 7. The van der Waals surface area contributed by atoms with Gasteiger partial charge in [-0.15, -0.1) is 0 Å². The maximum atomic E-state index is 13.0. The van der Waals surface area contributed by atoms with Crippen molar-refractivity contribution >= 4 is 60.6 Å². The van der Waals surface area contributed by atoms with E-state index in [1.165, 1.54) is 24.4 Å². The van der Waals surface area contributed by atoms with Crippen molar-refractivity contribution in [1.29, 1.82) is 0 Å². The maximum absolute atomic E-state index is 13.0. The van der Waals surface area contributed by atoms with Crippen molar-refractivity contribution < 1.29 is 19.6 Å². The molecule has 1 N–H and O–H groups in total. The first-order valence-corrected chi connectivity index (χ1v) is 11.9. The lowest BCUT2D eigenvalue weighted by molar-refractivity contribution is -0.386. The summed E-state index contributed by atoms with van der Waals surface area (Å²) in [5.74, 6) is -0.866. The normalized spacial score (nSPS) is 11.2. The highest BCUT2D eigenvalue weighted by Crippen LogP contribution is 2.34. The van der Waals surface area contributed by atoms with Gasteiger partial charge in [-0.3, -0.25) is 14.9 Å². The predicted molar refractivity (Wildman–Crippen MR) is 140 cm³/mol. The average molecular weight is 616 g/mol. The van der Waals surface area contributed by atoms with Gasteiger partial charge in [-0.25, -0.2) is 9.78 Å². The number of aryl methyl sites for hydroxylation is 1. The number of carboxylic acids is 1. The second-order valence-electron chi connectivity index (χ2n) is 7.58. The number of hydrogen-bond acceptors (Lipinski definition) is 7. The summed E-state index contributed by atoms with van der Waals surface area (Å²) >= 11 is 6.60. The highest BCUT2D eigenvalue weighted by Gasteiger charge is 2.21. The second kappa shape index (κ2) is 10.4. The summed E-state index contributed by atoms with van der Waals surface area (Å²) in [6.07, 6.45) is 1.28. The fourth-order valence-electron chi connectivity index (χ4n) is 3.45. The third-order valence-electron chi connectivity index (χ3n) is 5.10. The topological polar surface area (TPSA) is 137 Å². The van der Waals surface area contributed by atoms with Crippen LogP contribution in [0.4, 0.5) is 5.69 Å². The van der Waals surface area contributed by atoms with Crippen molar-refractivity contribution in [2.75, 3.05) is 0 Å². The quantitative estimate of drug-likeness (QED) is 0.169. The summed E-state index contributed by atoms with van der Waals surface area (Å²) < 4.78 is 7.99. The molecule has 0 aliphatic carbocycles. The van der Waals surface area contributed by atoms with Crippen molar-refractivity contribution in [2.24, 2.45) is 5.10 Å². The summed E-state index contributed by atoms with van der Waals surface area (Å²) in [6, 6.07) is 14.0. The standard InChI is InChI=1S/C24H16Br2N4O6/c1-13-28-20-6-5-17(25)9-19(20)23(31)29(13)27-11-16-8-18(26)10-21(30(34)35)22(16)36-12-14-3-2-4-15(7-14)24(32)33/h2-11H,12H2,1H3,(H,32,33). The van der Waals surface area contributed by atoms with Crippen LogP contribution in [-0.2, 0) is 6.61 Å². The Kier molecular flexibility index (Phi) is 7.27. The van der Waals surface area contributed by atoms with Crippen molar-refractivity contribution in [1.82, 2.24) is 9.66 Å². The Balaban J connectivity index is 1.76. The summed E-state index contributed by atoms with van der Waals surface area (Å²) in [6.45, 7) is 1.49. The van der Waals surface area contributed by atoms with Crippen LogP contribution < -0.4 is 10.3 Å². The van der Waals surface area contributed by atoms with Crippen LogP contribution >= 0.6 is 31.9 Å². The number of hydrogen-bond donors (Lipinski definition) is 1. The zero-order valence-electron chi connectivity index (χ0n) is 18.5. The van der Waals surface area contributed by atoms with Gasteiger partial charge in [0.05, 0.1) is 27.6 Å². The molecule has 36 heavy (non-hydrogen) atoms. The van der Waals surface area contributed by atoms with E-state index in [-0.39, 0.29) is 29.2 Å². The molecular weight excluding hydrogens is 600 g/mol. The predicted octanol–water partition coefficient (Wildman–Crippen LogP) is 5.30. The minimum Gasteiger partial charge on any atom is -0.481 e. The van der Waals surface area contributed by atoms with Gasteiger partial charge in [0.2, 0.25) is 5.75 Å². The number of halogens is 2. The molecule has 0 atom stereocenters. The number of ether oxygens (including phenoxy) is 1. The molecule has 12 heteroatoms. The van der Waals surface area contributed by atoms with E-state index in [9.17, 15) is 24.8 Å². The van der Waals surface area contributed by atoms with E-state index in [4.69, 9.17) is 4.74 Å². The smallest absolute Gasteiger partial charge is 0.335 e. The third-order valence-corrected chi connectivity index (χ3v) is 6.05. The number of aromatic nitrogens is 2. The number of aromatic carboxylic acids is 1. The molecule has 0 fully saturated rings. The van der Waals surface area contributed by atoms with Gasteiger partial charge in [-0.1, -0.05) is 44.0 Å². The lowest BCUT2D eigenvalue weighted by Gasteiger charge is -2.11. The molecule has 0 saturated heterocycles. The van der Waals surface area contributed by atoms with Gasteiger partial charge in [0, 0.05) is 20.6 Å². The molecule has 1 heterocycles. The Bertz CT molecular complexity index is 1620. The van der Waals surface area contributed by atoms with Gasteiger partial charge < -0.3 is 9.84 Å². The van der Waals surface area contributed by atoms with Crippen LogP contribution in [-0.4, -0.2) is 31.9 Å². The van der Waals surface area contributed by atoms with Gasteiger partial charge in [0.15, 0.2) is 0 Å². The van der Waals surface area contributed by atoms with Crippen LogP contribution in [0.2, 0.25) is 0 Å². The molecular formula is C24H16Br2N4O6. The Hall–Kier alpha value is -3.90. The zero-order valence-corrected chi connectivity index (χ0v) is 21.7. The van der Waals surface area contributed by atoms with E-state index in [1.54, 1.807) is 43.3 Å². The number of carbonyl (C=O) groups is 1. The molecule has 0 spiro atoms. The van der Waals surface area contributed by atoms with Crippen molar-refractivity contribution in [2.45, 2.75) is 13.5 Å². The molecule has 4 rings (SSSR count). The lowest BCUT2D eigenvalue weighted by Crippen LogP contribution is -2.20. The Morgan fingerprint density at radius 2 is 1.97 bits per heavy atom. The maximum Gasteiger partial charge on any atom is 0.335 e. The van der Waals surface area contributed by atoms with E-state index >= 15 is 0 Å². The third kappa shape index (κ3) is 5.34. The van der Waals surface area contributed by atoms with Gasteiger partial charge in [0.1, 0.15) is 12.4 Å². The van der Waals surface area contributed by atoms with Crippen LogP contribution in [0.1, 0.15) is 27.3 Å². The van der Waals surface area contributed by atoms with Crippen LogP contribution in [0.15, 0.2) is 73.4 Å². The van der Waals surface area contributed by atoms with Crippen molar-refractivity contribution in [3.05, 3.63) is 107 Å². The van der Waals surface area contributed by atoms with E-state index < -0.39 is 16.5 Å². The molecule has 3 aromatic carbocycles. The first-order valence-electron chi connectivity index (χ1n) is 10.3. The van der Waals surface area contributed by atoms with E-state index in [0.717, 1.165) is 4.68 Å². The van der Waals surface area contributed by atoms with Gasteiger partial charge in [0.25, 0.3) is 5.56 Å². The van der Waals surface area contributed by atoms with Gasteiger partial charge >= 0.3 is 11.7 Å². The molecule has 0 radical (unpaired) electrons. The molecule has 0 bridgehead atoms. The minimum atomic E-state index is -1.10. The molecule has 0 saturated carbocycles. The van der Waals surface area contributed by atoms with Crippen LogP contribution in [0.25, 0.3) is 10.9 Å². The number of nitrogens with zero attached hydrogens (tertiary/aromatic N) is 4. The monoisotopic (exact) mass is 614 g/mol. The van der Waals surface area contributed by atoms with Crippen LogP contribution in [0.5, 0.6) is 5.75 Å². The first kappa shape index (κ1) is 25.2. The van der Waals surface area contributed by atoms with Gasteiger partial charge in [-0.05, 0) is 48.9 Å². The second-order valence-corrected chi connectivity index (χ2v) is 9.41. The molecule has 4 aromatic rings. The Labute approximate surface area is 220 Å². The first-order chi connectivity index (χ1) is 17.1. The Morgan fingerprint density at radius 3 is 2.69 bits per heavy atom. The van der Waals surface area contributed by atoms with Crippen molar-refractivity contribution in [3.8, 4) is 5.75 Å². The fourth-order valence-corrected chi connectivity index (χ4v) is 4.28. The van der Waals surface area contributed by atoms with Gasteiger partial charge in [-0.2, -0.15) is 9.78 Å². The lowest BCUT2D eigenvalue weighted by atomic mass is 10.1. The molecule has 0 unspecified atom stereocenters. The number of nitro groups is 1. The highest BCUT2D eigenvalue weighted by atomic mass is 79.9. The average Bonchev–Trinajstić information content (AvgIpc) is 2.83. The zero-order chi connectivity index (χ0) is 26.0. The molecule has 182 valence electrons. The molecule has 0 aliphatic heterocycles. The van der Waals surface area contributed by atoms with E-state index in [2.05, 4.69) is 41.9 Å².